The van der Waals surface area contributed by atoms with Gasteiger partial charge in [0, 0.05) is 6.08 Å². The molecule has 0 fully saturated rings. The maximum absolute atomic E-state index is 11.2. The van der Waals surface area contributed by atoms with E-state index in [4.69, 9.17) is 5.11 Å². The first-order valence-corrected chi connectivity index (χ1v) is 5.38. The van der Waals surface area contributed by atoms with Crippen molar-refractivity contribution in [3.8, 4) is 0 Å². The molecule has 0 radical (unpaired) electrons. The summed E-state index contributed by atoms with van der Waals surface area (Å²) in [6, 6.07) is 7.82. The van der Waals surface area contributed by atoms with Gasteiger partial charge in [0.05, 0.1) is 0 Å². The lowest BCUT2D eigenvalue weighted by Crippen LogP contribution is -2.27. The van der Waals surface area contributed by atoms with E-state index in [-0.39, 0.29) is 6.54 Å². The lowest BCUT2D eigenvalue weighted by Gasteiger charge is -1.98. The molecular weight excluding hydrogens is 218 g/mol. The predicted octanol–water partition coefficient (Wildman–Crippen LogP) is 1.46. The Balaban J connectivity index is 2.51. The molecule has 1 rings (SSSR count). The van der Waals surface area contributed by atoms with Crippen molar-refractivity contribution >= 4 is 18.0 Å². The van der Waals surface area contributed by atoms with Crippen LogP contribution in [0.15, 0.2) is 30.3 Å². The minimum Gasteiger partial charge on any atom is -0.480 e. The number of hydrogen-bond donors (Lipinski definition) is 2. The van der Waals surface area contributed by atoms with Gasteiger partial charge in [-0.1, -0.05) is 31.2 Å². The van der Waals surface area contributed by atoms with Crippen LogP contribution in [-0.2, 0) is 16.0 Å². The van der Waals surface area contributed by atoms with Crippen LogP contribution >= 0.6 is 0 Å². The first kappa shape index (κ1) is 13.0. The summed E-state index contributed by atoms with van der Waals surface area (Å²) in [6.45, 7) is 1.71. The molecule has 0 saturated heterocycles. The Morgan fingerprint density at radius 3 is 2.47 bits per heavy atom. The molecule has 1 aromatic rings. The van der Waals surface area contributed by atoms with Crippen LogP contribution in [0.1, 0.15) is 18.1 Å². The molecule has 1 amide bonds. The second-order valence-corrected chi connectivity index (χ2v) is 3.54. The third-order valence-electron chi connectivity index (χ3n) is 2.23. The molecule has 0 heterocycles. The maximum Gasteiger partial charge on any atom is 0.322 e. The van der Waals surface area contributed by atoms with Gasteiger partial charge in [-0.05, 0) is 23.6 Å². The van der Waals surface area contributed by atoms with Crippen LogP contribution < -0.4 is 5.32 Å². The van der Waals surface area contributed by atoms with Gasteiger partial charge in [-0.15, -0.1) is 0 Å². The fourth-order valence-electron chi connectivity index (χ4n) is 1.26. The number of aliphatic carboxylic acids is 1. The largest absolute Gasteiger partial charge is 0.480 e. The summed E-state index contributed by atoms with van der Waals surface area (Å²) in [5.74, 6) is -1.47. The number of amides is 1. The fourth-order valence-corrected chi connectivity index (χ4v) is 1.26. The average Bonchev–Trinajstić information content (AvgIpc) is 2.34. The molecule has 0 aliphatic rings. The van der Waals surface area contributed by atoms with E-state index in [0.717, 1.165) is 12.0 Å². The first-order valence-electron chi connectivity index (χ1n) is 5.38. The van der Waals surface area contributed by atoms with Gasteiger partial charge >= 0.3 is 5.97 Å². The van der Waals surface area contributed by atoms with Gasteiger partial charge < -0.3 is 10.4 Å². The van der Waals surface area contributed by atoms with Crippen molar-refractivity contribution in [1.29, 1.82) is 0 Å². The smallest absolute Gasteiger partial charge is 0.322 e. The number of benzene rings is 1. The molecule has 90 valence electrons. The summed E-state index contributed by atoms with van der Waals surface area (Å²) in [5.41, 5.74) is 2.14. The summed E-state index contributed by atoms with van der Waals surface area (Å²) in [6.07, 6.45) is 3.95. The summed E-state index contributed by atoms with van der Waals surface area (Å²) in [4.78, 5) is 21.4. The Kier molecular flexibility index (Phi) is 4.94. The predicted molar refractivity (Wildman–Crippen MR) is 65.5 cm³/mol. The summed E-state index contributed by atoms with van der Waals surface area (Å²) >= 11 is 0. The highest BCUT2D eigenvalue weighted by molar-refractivity contribution is 5.93. The van der Waals surface area contributed by atoms with E-state index in [1.807, 2.05) is 24.3 Å². The second-order valence-electron chi connectivity index (χ2n) is 3.54. The zero-order valence-electron chi connectivity index (χ0n) is 9.64. The summed E-state index contributed by atoms with van der Waals surface area (Å²) in [5, 5.41) is 10.6. The molecule has 0 aliphatic carbocycles. The fraction of sp³-hybridized carbons (Fsp3) is 0.231. The number of aryl methyl sites for hydroxylation is 1. The Morgan fingerprint density at radius 2 is 1.94 bits per heavy atom. The minimum atomic E-state index is -1.06. The first-order chi connectivity index (χ1) is 8.11. The van der Waals surface area contributed by atoms with E-state index in [2.05, 4.69) is 12.2 Å². The van der Waals surface area contributed by atoms with Crippen molar-refractivity contribution in [2.75, 3.05) is 6.54 Å². The quantitative estimate of drug-likeness (QED) is 0.757. The standard InChI is InChI=1S/C13H15NO3/c1-2-10-3-5-11(6-4-10)7-8-12(15)14-9-13(16)17/h3-8H,2,9H2,1H3,(H,14,15)(H,16,17)/b8-7+. The van der Waals surface area contributed by atoms with Gasteiger partial charge in [0.15, 0.2) is 0 Å². The average molecular weight is 233 g/mol. The number of carbonyl (C=O) groups is 2. The molecule has 4 heteroatoms. The van der Waals surface area contributed by atoms with Crippen molar-refractivity contribution in [3.05, 3.63) is 41.5 Å². The van der Waals surface area contributed by atoms with Crippen LogP contribution in [0.5, 0.6) is 0 Å². The molecule has 0 unspecified atom stereocenters. The van der Waals surface area contributed by atoms with Crippen LogP contribution in [0.25, 0.3) is 6.08 Å². The van der Waals surface area contributed by atoms with Gasteiger partial charge in [0.25, 0.3) is 0 Å². The van der Waals surface area contributed by atoms with E-state index >= 15 is 0 Å². The Bertz CT molecular complexity index is 421. The highest BCUT2D eigenvalue weighted by Gasteiger charge is 1.98. The summed E-state index contributed by atoms with van der Waals surface area (Å²) in [7, 11) is 0. The van der Waals surface area contributed by atoms with Crippen LogP contribution in [0, 0.1) is 0 Å². The third kappa shape index (κ3) is 4.97. The second kappa shape index (κ2) is 6.48. The molecule has 2 N–H and O–H groups in total. The zero-order valence-corrected chi connectivity index (χ0v) is 9.64. The number of hydrogen-bond acceptors (Lipinski definition) is 2. The van der Waals surface area contributed by atoms with E-state index in [1.165, 1.54) is 11.6 Å². The van der Waals surface area contributed by atoms with Crippen LogP contribution in [0.4, 0.5) is 0 Å². The third-order valence-corrected chi connectivity index (χ3v) is 2.23. The molecule has 4 nitrogen and oxygen atoms in total. The lowest BCUT2D eigenvalue weighted by atomic mass is 10.1. The number of rotatable bonds is 5. The van der Waals surface area contributed by atoms with E-state index in [9.17, 15) is 9.59 Å². The van der Waals surface area contributed by atoms with E-state index in [0.29, 0.717) is 0 Å². The van der Waals surface area contributed by atoms with Crippen LogP contribution in [0.2, 0.25) is 0 Å². The van der Waals surface area contributed by atoms with Crippen molar-refractivity contribution < 1.29 is 14.7 Å². The van der Waals surface area contributed by atoms with Gasteiger partial charge in [-0.2, -0.15) is 0 Å². The number of carboxylic acid groups (broad SMARTS) is 1. The Labute approximate surface area is 100.0 Å². The highest BCUT2D eigenvalue weighted by Crippen LogP contribution is 2.06. The normalized spacial score (nSPS) is 10.4. The SMILES string of the molecule is CCc1ccc(/C=C/C(=O)NCC(=O)O)cc1. The molecule has 0 bridgehead atoms. The molecule has 0 aromatic heterocycles. The molecule has 0 atom stereocenters. The minimum absolute atomic E-state index is 0.363. The van der Waals surface area contributed by atoms with Gasteiger partial charge in [-0.3, -0.25) is 9.59 Å². The van der Waals surface area contributed by atoms with Crippen molar-refractivity contribution in [1.82, 2.24) is 5.32 Å². The molecular formula is C13H15NO3. The Hall–Kier alpha value is -2.10. The van der Waals surface area contributed by atoms with Crippen molar-refractivity contribution in [2.45, 2.75) is 13.3 Å². The Morgan fingerprint density at radius 1 is 1.29 bits per heavy atom. The molecule has 17 heavy (non-hydrogen) atoms. The van der Waals surface area contributed by atoms with Gasteiger partial charge in [0.2, 0.25) is 5.91 Å². The van der Waals surface area contributed by atoms with Crippen molar-refractivity contribution in [3.63, 3.8) is 0 Å². The molecule has 0 saturated carbocycles. The molecule has 0 aliphatic heterocycles. The highest BCUT2D eigenvalue weighted by atomic mass is 16.4. The van der Waals surface area contributed by atoms with Gasteiger partial charge in [0.1, 0.15) is 6.54 Å². The van der Waals surface area contributed by atoms with E-state index < -0.39 is 11.9 Å². The van der Waals surface area contributed by atoms with E-state index in [1.54, 1.807) is 6.08 Å². The lowest BCUT2D eigenvalue weighted by molar-refractivity contribution is -0.137. The topological polar surface area (TPSA) is 66.4 Å². The monoisotopic (exact) mass is 233 g/mol. The summed E-state index contributed by atoms with van der Waals surface area (Å²) < 4.78 is 0. The number of carbonyl (C=O) groups excluding carboxylic acids is 1. The van der Waals surface area contributed by atoms with Crippen molar-refractivity contribution in [2.24, 2.45) is 0 Å². The molecule has 0 spiro atoms. The van der Waals surface area contributed by atoms with Crippen LogP contribution in [-0.4, -0.2) is 23.5 Å². The number of carboxylic acids is 1. The van der Waals surface area contributed by atoms with Crippen LogP contribution in [0.3, 0.4) is 0 Å². The maximum atomic E-state index is 11.2. The molecule has 1 aromatic carbocycles. The number of nitrogens with one attached hydrogen (secondary N) is 1. The van der Waals surface area contributed by atoms with Gasteiger partial charge in [-0.25, -0.2) is 0 Å². The zero-order chi connectivity index (χ0) is 12.7.